The first kappa shape index (κ1) is 16.2. The zero-order chi connectivity index (χ0) is 13.0. The van der Waals surface area contributed by atoms with Gasteiger partial charge in [0.1, 0.15) is 12.1 Å². The summed E-state index contributed by atoms with van der Waals surface area (Å²) in [5, 5.41) is 16.2. The lowest BCUT2D eigenvalue weighted by atomic mass is 10.4. The molecule has 0 saturated carbocycles. The maximum absolute atomic E-state index is 10.3. The fraction of sp³-hybridized carbons (Fsp3) is 0.364. The summed E-state index contributed by atoms with van der Waals surface area (Å²) in [6, 6.07) is 3.61. The molecule has 0 aliphatic heterocycles. The van der Waals surface area contributed by atoms with Gasteiger partial charge in [0, 0.05) is 6.08 Å². The topological polar surface area (TPSA) is 83.1 Å². The lowest BCUT2D eigenvalue weighted by molar-refractivity contribution is -0.139. The third kappa shape index (κ3) is 11.7. The van der Waals surface area contributed by atoms with E-state index < -0.39 is 12.1 Å². The molecule has 0 radical (unpaired) electrons. The molecule has 0 aromatic rings. The number of carbonyl (C=O) groups excluding carboxylic acids is 1. The van der Waals surface area contributed by atoms with Crippen molar-refractivity contribution in [1.82, 2.24) is 0 Å². The number of hydrogen-bond acceptors (Lipinski definition) is 5. The highest BCUT2D eigenvalue weighted by atomic mass is 16.5. The van der Waals surface area contributed by atoms with Crippen molar-refractivity contribution in [3.63, 3.8) is 0 Å². The van der Waals surface area contributed by atoms with E-state index in [1.165, 1.54) is 13.2 Å². The van der Waals surface area contributed by atoms with Crippen LogP contribution in [0.5, 0.6) is 0 Å². The second-order valence-corrected chi connectivity index (χ2v) is 2.49. The largest absolute Gasteiger partial charge is 0.484 e. The normalized spacial score (nSPS) is 11.2. The van der Waals surface area contributed by atoms with Crippen molar-refractivity contribution >= 4 is 5.97 Å². The number of rotatable bonds is 4. The molecule has 5 nitrogen and oxygen atoms in total. The summed E-state index contributed by atoms with van der Waals surface area (Å²) in [5.41, 5.74) is 0. The molecule has 86 valence electrons. The van der Waals surface area contributed by atoms with Crippen LogP contribution in [0.1, 0.15) is 13.8 Å². The van der Waals surface area contributed by atoms with E-state index in [-0.39, 0.29) is 6.10 Å². The van der Waals surface area contributed by atoms with E-state index in [1.807, 2.05) is 6.07 Å². The van der Waals surface area contributed by atoms with Gasteiger partial charge in [-0.3, -0.25) is 0 Å². The highest BCUT2D eigenvalue weighted by molar-refractivity contribution is 5.81. The van der Waals surface area contributed by atoms with Gasteiger partial charge in [-0.25, -0.2) is 4.79 Å². The Morgan fingerprint density at radius 1 is 1.25 bits per heavy atom. The molecule has 0 aromatic heterocycles. The lowest BCUT2D eigenvalue weighted by Crippen LogP contribution is -2.09. The zero-order valence-corrected chi connectivity index (χ0v) is 9.34. The number of ether oxygens (including phenoxy) is 2. The molecule has 0 saturated heterocycles. The molecule has 0 aromatic carbocycles. The van der Waals surface area contributed by atoms with E-state index >= 15 is 0 Å². The minimum Gasteiger partial charge on any atom is -0.484 e. The fourth-order valence-corrected chi connectivity index (χ4v) is 0.423. The van der Waals surface area contributed by atoms with Gasteiger partial charge in [-0.2, -0.15) is 10.5 Å². The SMILES string of the molecule is C=CC(=O)OC(C)C#N.C=COC(C)C#N. The Balaban J connectivity index is 0. The highest BCUT2D eigenvalue weighted by Crippen LogP contribution is 1.88. The number of carbonyl (C=O) groups is 1. The van der Waals surface area contributed by atoms with E-state index in [4.69, 9.17) is 10.5 Å². The molecule has 2 atom stereocenters. The van der Waals surface area contributed by atoms with Crippen LogP contribution in [-0.4, -0.2) is 18.2 Å². The highest BCUT2D eigenvalue weighted by Gasteiger charge is 2.01. The summed E-state index contributed by atoms with van der Waals surface area (Å²) in [6.07, 6.45) is 1.23. The van der Waals surface area contributed by atoms with E-state index in [2.05, 4.69) is 22.6 Å². The number of hydrogen-bond donors (Lipinski definition) is 0. The second kappa shape index (κ2) is 10.8. The molecule has 0 aliphatic carbocycles. The quantitative estimate of drug-likeness (QED) is 0.410. The second-order valence-electron chi connectivity index (χ2n) is 2.49. The molecule has 5 heteroatoms. The zero-order valence-electron chi connectivity index (χ0n) is 9.34. The van der Waals surface area contributed by atoms with Crippen LogP contribution in [-0.2, 0) is 14.3 Å². The van der Waals surface area contributed by atoms with E-state index in [0.29, 0.717) is 0 Å². The van der Waals surface area contributed by atoms with Gasteiger partial charge in [-0.15, -0.1) is 0 Å². The predicted molar refractivity (Wildman–Crippen MR) is 57.7 cm³/mol. The van der Waals surface area contributed by atoms with Crippen molar-refractivity contribution in [1.29, 1.82) is 10.5 Å². The van der Waals surface area contributed by atoms with Crippen molar-refractivity contribution in [2.45, 2.75) is 26.1 Å². The van der Waals surface area contributed by atoms with Crippen molar-refractivity contribution < 1.29 is 14.3 Å². The maximum atomic E-state index is 10.3. The van der Waals surface area contributed by atoms with Crippen molar-refractivity contribution in [3.05, 3.63) is 25.5 Å². The first-order valence-electron chi connectivity index (χ1n) is 4.40. The Morgan fingerprint density at radius 3 is 2.00 bits per heavy atom. The summed E-state index contributed by atoms with van der Waals surface area (Å²) >= 11 is 0. The molecule has 2 unspecified atom stereocenters. The van der Waals surface area contributed by atoms with Gasteiger partial charge in [-0.1, -0.05) is 13.2 Å². The van der Waals surface area contributed by atoms with Crippen LogP contribution in [0.4, 0.5) is 0 Å². The van der Waals surface area contributed by atoms with E-state index in [1.54, 1.807) is 13.0 Å². The van der Waals surface area contributed by atoms with Crippen LogP contribution < -0.4 is 0 Å². The summed E-state index contributed by atoms with van der Waals surface area (Å²) in [5.74, 6) is -0.566. The average molecular weight is 222 g/mol. The Morgan fingerprint density at radius 2 is 1.75 bits per heavy atom. The Labute approximate surface area is 95.2 Å². The molecule has 0 aliphatic rings. The molecule has 16 heavy (non-hydrogen) atoms. The molecule has 0 amide bonds. The van der Waals surface area contributed by atoms with E-state index in [9.17, 15) is 4.79 Å². The average Bonchev–Trinajstić information content (AvgIpc) is 2.29. The third-order valence-corrected chi connectivity index (χ3v) is 1.12. The number of nitrogens with zero attached hydrogens (tertiary/aromatic N) is 2. The molecule has 0 bridgehead atoms. The van der Waals surface area contributed by atoms with Gasteiger partial charge in [-0.05, 0) is 13.8 Å². The molecule has 0 spiro atoms. The third-order valence-electron chi connectivity index (χ3n) is 1.12. The fourth-order valence-electron chi connectivity index (χ4n) is 0.423. The van der Waals surface area contributed by atoms with Crippen molar-refractivity contribution in [3.8, 4) is 12.1 Å². The molecular formula is C11H14N2O3. The molecule has 0 rings (SSSR count). The summed E-state index contributed by atoms with van der Waals surface area (Å²) in [4.78, 5) is 10.3. The van der Waals surface area contributed by atoms with Crippen molar-refractivity contribution in [2.75, 3.05) is 0 Å². The maximum Gasteiger partial charge on any atom is 0.331 e. The van der Waals surface area contributed by atoms with Gasteiger partial charge in [0.15, 0.2) is 12.2 Å². The Hall–Kier alpha value is -2.27. The Kier molecular flexibility index (Phi) is 10.9. The number of esters is 1. The van der Waals surface area contributed by atoms with E-state index in [0.717, 1.165) is 6.08 Å². The van der Waals surface area contributed by atoms with Gasteiger partial charge in [0.05, 0.1) is 6.26 Å². The smallest absolute Gasteiger partial charge is 0.331 e. The first-order valence-corrected chi connectivity index (χ1v) is 4.40. The van der Waals surface area contributed by atoms with Crippen LogP contribution in [0.25, 0.3) is 0 Å². The molecule has 0 heterocycles. The molecule has 0 N–H and O–H groups in total. The lowest BCUT2D eigenvalue weighted by Gasteiger charge is -1.99. The van der Waals surface area contributed by atoms with Crippen LogP contribution >= 0.6 is 0 Å². The monoisotopic (exact) mass is 222 g/mol. The predicted octanol–water partition coefficient (Wildman–Crippen LogP) is 1.69. The molecular weight excluding hydrogens is 208 g/mol. The van der Waals surface area contributed by atoms with Crippen LogP contribution in [0.3, 0.4) is 0 Å². The minimum absolute atomic E-state index is 0.363. The van der Waals surface area contributed by atoms with Gasteiger partial charge < -0.3 is 9.47 Å². The standard InChI is InChI=1S/C6H7NO2.C5H7NO/c1-3-6(8)9-5(2)4-7;1-3-7-5(2)4-6/h3,5H,1H2,2H3;3,5H,1H2,2H3. The van der Waals surface area contributed by atoms with Crippen LogP contribution in [0.15, 0.2) is 25.5 Å². The van der Waals surface area contributed by atoms with Crippen molar-refractivity contribution in [2.24, 2.45) is 0 Å². The van der Waals surface area contributed by atoms with Gasteiger partial charge in [0.2, 0.25) is 0 Å². The van der Waals surface area contributed by atoms with Gasteiger partial charge >= 0.3 is 5.97 Å². The van der Waals surface area contributed by atoms with Crippen LogP contribution in [0, 0.1) is 22.7 Å². The number of nitriles is 2. The minimum atomic E-state index is -0.685. The van der Waals surface area contributed by atoms with Gasteiger partial charge in [0.25, 0.3) is 0 Å². The molecule has 0 fully saturated rings. The summed E-state index contributed by atoms with van der Waals surface area (Å²) in [7, 11) is 0. The summed E-state index contributed by atoms with van der Waals surface area (Å²) < 4.78 is 9.02. The summed E-state index contributed by atoms with van der Waals surface area (Å²) in [6.45, 7) is 9.58. The first-order chi connectivity index (χ1) is 7.51. The Bertz CT molecular complexity index is 312. The van der Waals surface area contributed by atoms with Crippen LogP contribution in [0.2, 0.25) is 0 Å².